The van der Waals surface area contributed by atoms with Gasteiger partial charge in [0.25, 0.3) is 5.91 Å². The smallest absolute Gasteiger partial charge is 0.255 e. The highest BCUT2D eigenvalue weighted by molar-refractivity contribution is 6.04. The number of pyridine rings is 1. The van der Waals surface area contributed by atoms with Crippen molar-refractivity contribution in [3.8, 4) is 0 Å². The molecule has 2 aromatic rings. The number of carbonyl (C=O) groups excluding carboxylic acids is 1. The summed E-state index contributed by atoms with van der Waals surface area (Å²) in [5.74, 6) is -0.107. The van der Waals surface area contributed by atoms with E-state index in [1.54, 1.807) is 18.3 Å². The molecule has 3 nitrogen and oxygen atoms in total. The summed E-state index contributed by atoms with van der Waals surface area (Å²) in [6.07, 6.45) is 1.71. The molecule has 0 aliphatic carbocycles. The molecule has 1 N–H and O–H groups in total. The van der Waals surface area contributed by atoms with Crippen LogP contribution in [0.2, 0.25) is 0 Å². The second kappa shape index (κ2) is 4.78. The first-order chi connectivity index (χ1) is 8.16. The van der Waals surface area contributed by atoms with Crippen LogP contribution in [-0.2, 0) is 0 Å². The van der Waals surface area contributed by atoms with Gasteiger partial charge in [-0.25, -0.2) is 0 Å². The van der Waals surface area contributed by atoms with Crippen molar-refractivity contribution in [2.24, 2.45) is 0 Å². The standard InChI is InChI=1S/C14H14N2O/c1-10-5-3-6-12(9-10)14(17)16-13-7-4-8-15-11(13)2/h3-9H,1-2H3,(H,16,17). The van der Waals surface area contributed by atoms with Gasteiger partial charge >= 0.3 is 0 Å². The van der Waals surface area contributed by atoms with Crippen LogP contribution in [0, 0.1) is 13.8 Å². The summed E-state index contributed by atoms with van der Waals surface area (Å²) in [7, 11) is 0. The second-order valence-electron chi connectivity index (χ2n) is 3.96. The van der Waals surface area contributed by atoms with Crippen LogP contribution in [0.4, 0.5) is 5.69 Å². The first-order valence-electron chi connectivity index (χ1n) is 5.46. The molecule has 0 atom stereocenters. The third-order valence-electron chi connectivity index (χ3n) is 2.54. The van der Waals surface area contributed by atoms with E-state index in [4.69, 9.17) is 0 Å². The highest BCUT2D eigenvalue weighted by atomic mass is 16.1. The molecule has 0 aliphatic rings. The lowest BCUT2D eigenvalue weighted by Gasteiger charge is -2.07. The molecule has 3 heteroatoms. The lowest BCUT2D eigenvalue weighted by molar-refractivity contribution is 0.102. The van der Waals surface area contributed by atoms with E-state index in [0.717, 1.165) is 16.9 Å². The maximum atomic E-state index is 12.0. The minimum absolute atomic E-state index is 0.107. The third kappa shape index (κ3) is 2.69. The Balaban J connectivity index is 2.20. The molecule has 86 valence electrons. The maximum absolute atomic E-state index is 12.0. The molecule has 0 unspecified atom stereocenters. The summed E-state index contributed by atoms with van der Waals surface area (Å²) >= 11 is 0. The van der Waals surface area contributed by atoms with Crippen LogP contribution < -0.4 is 5.32 Å². The number of nitrogens with zero attached hydrogens (tertiary/aromatic N) is 1. The number of anilines is 1. The van der Waals surface area contributed by atoms with Crippen LogP contribution >= 0.6 is 0 Å². The zero-order chi connectivity index (χ0) is 12.3. The predicted octanol–water partition coefficient (Wildman–Crippen LogP) is 2.95. The normalized spacial score (nSPS) is 10.0. The van der Waals surface area contributed by atoms with Gasteiger partial charge in [0, 0.05) is 11.8 Å². The Morgan fingerprint density at radius 1 is 1.18 bits per heavy atom. The predicted molar refractivity (Wildman–Crippen MR) is 68.1 cm³/mol. The monoisotopic (exact) mass is 226 g/mol. The lowest BCUT2D eigenvalue weighted by Crippen LogP contribution is -2.13. The molecule has 0 saturated heterocycles. The van der Waals surface area contributed by atoms with Crippen molar-refractivity contribution in [1.29, 1.82) is 0 Å². The number of benzene rings is 1. The van der Waals surface area contributed by atoms with E-state index in [-0.39, 0.29) is 5.91 Å². The van der Waals surface area contributed by atoms with Crippen LogP contribution in [0.3, 0.4) is 0 Å². The molecule has 0 radical (unpaired) electrons. The van der Waals surface area contributed by atoms with E-state index in [2.05, 4.69) is 10.3 Å². The van der Waals surface area contributed by atoms with Gasteiger partial charge in [-0.1, -0.05) is 17.7 Å². The van der Waals surface area contributed by atoms with E-state index in [1.807, 2.05) is 38.1 Å². The molecular formula is C14H14N2O. The number of amides is 1. The average molecular weight is 226 g/mol. The van der Waals surface area contributed by atoms with E-state index in [9.17, 15) is 4.79 Å². The number of hydrogen-bond acceptors (Lipinski definition) is 2. The van der Waals surface area contributed by atoms with Crippen LogP contribution in [0.25, 0.3) is 0 Å². The number of aromatic nitrogens is 1. The topological polar surface area (TPSA) is 42.0 Å². The van der Waals surface area contributed by atoms with Crippen molar-refractivity contribution in [1.82, 2.24) is 4.98 Å². The number of nitrogens with one attached hydrogen (secondary N) is 1. The van der Waals surface area contributed by atoms with Gasteiger partial charge in [0.2, 0.25) is 0 Å². The summed E-state index contributed by atoms with van der Waals surface area (Å²) in [6, 6.07) is 11.1. The Hall–Kier alpha value is -2.16. The number of rotatable bonds is 2. The van der Waals surface area contributed by atoms with E-state index >= 15 is 0 Å². The van der Waals surface area contributed by atoms with Crippen molar-refractivity contribution < 1.29 is 4.79 Å². The molecule has 0 aliphatic heterocycles. The van der Waals surface area contributed by atoms with Crippen molar-refractivity contribution in [2.75, 3.05) is 5.32 Å². The lowest BCUT2D eigenvalue weighted by atomic mass is 10.1. The fraction of sp³-hybridized carbons (Fsp3) is 0.143. The Morgan fingerprint density at radius 2 is 2.00 bits per heavy atom. The van der Waals surface area contributed by atoms with Gasteiger partial charge in [0.05, 0.1) is 11.4 Å². The maximum Gasteiger partial charge on any atom is 0.255 e. The van der Waals surface area contributed by atoms with Gasteiger partial charge in [-0.2, -0.15) is 0 Å². The first kappa shape index (κ1) is 11.3. The summed E-state index contributed by atoms with van der Waals surface area (Å²) in [4.78, 5) is 16.1. The minimum Gasteiger partial charge on any atom is -0.320 e. The van der Waals surface area contributed by atoms with Crippen LogP contribution in [-0.4, -0.2) is 10.9 Å². The van der Waals surface area contributed by atoms with E-state index in [1.165, 1.54) is 0 Å². The molecule has 0 fully saturated rings. The minimum atomic E-state index is -0.107. The number of hydrogen-bond donors (Lipinski definition) is 1. The van der Waals surface area contributed by atoms with Crippen molar-refractivity contribution >= 4 is 11.6 Å². The zero-order valence-corrected chi connectivity index (χ0v) is 9.90. The SMILES string of the molecule is Cc1cccc(C(=O)Nc2cccnc2C)c1. The zero-order valence-electron chi connectivity index (χ0n) is 9.90. The largest absolute Gasteiger partial charge is 0.320 e. The quantitative estimate of drug-likeness (QED) is 0.855. The van der Waals surface area contributed by atoms with Gasteiger partial charge in [0.1, 0.15) is 0 Å². The highest BCUT2D eigenvalue weighted by Crippen LogP contribution is 2.12. The van der Waals surface area contributed by atoms with Gasteiger partial charge in [0.15, 0.2) is 0 Å². The molecule has 1 aromatic carbocycles. The number of aryl methyl sites for hydroxylation is 2. The molecular weight excluding hydrogens is 212 g/mol. The Kier molecular flexibility index (Phi) is 3.19. The summed E-state index contributed by atoms with van der Waals surface area (Å²) in [5.41, 5.74) is 3.29. The van der Waals surface area contributed by atoms with Crippen molar-refractivity contribution in [2.45, 2.75) is 13.8 Å². The molecule has 0 saturated carbocycles. The van der Waals surface area contributed by atoms with Crippen LogP contribution in [0.1, 0.15) is 21.6 Å². The fourth-order valence-electron chi connectivity index (χ4n) is 1.60. The molecule has 1 aromatic heterocycles. The second-order valence-corrected chi connectivity index (χ2v) is 3.96. The number of carbonyl (C=O) groups is 1. The summed E-state index contributed by atoms with van der Waals surface area (Å²) < 4.78 is 0. The van der Waals surface area contributed by atoms with Crippen molar-refractivity contribution in [3.05, 3.63) is 59.4 Å². The van der Waals surface area contributed by atoms with Crippen LogP contribution in [0.15, 0.2) is 42.6 Å². The van der Waals surface area contributed by atoms with Gasteiger partial charge in [-0.05, 0) is 38.1 Å². The van der Waals surface area contributed by atoms with Gasteiger partial charge in [-0.15, -0.1) is 0 Å². The van der Waals surface area contributed by atoms with Gasteiger partial charge < -0.3 is 5.32 Å². The molecule has 2 rings (SSSR count). The van der Waals surface area contributed by atoms with E-state index in [0.29, 0.717) is 5.56 Å². The molecule has 0 bridgehead atoms. The average Bonchev–Trinajstić information content (AvgIpc) is 2.32. The highest BCUT2D eigenvalue weighted by Gasteiger charge is 2.07. The summed E-state index contributed by atoms with van der Waals surface area (Å²) in [5, 5.41) is 2.85. The Labute approximate surface area is 101 Å². The Morgan fingerprint density at radius 3 is 2.71 bits per heavy atom. The first-order valence-corrected chi connectivity index (χ1v) is 5.46. The van der Waals surface area contributed by atoms with E-state index < -0.39 is 0 Å². The summed E-state index contributed by atoms with van der Waals surface area (Å²) in [6.45, 7) is 3.83. The third-order valence-corrected chi connectivity index (χ3v) is 2.54. The van der Waals surface area contributed by atoms with Crippen LogP contribution in [0.5, 0.6) is 0 Å². The molecule has 0 spiro atoms. The Bertz CT molecular complexity index is 549. The molecule has 1 heterocycles. The van der Waals surface area contributed by atoms with Gasteiger partial charge in [-0.3, -0.25) is 9.78 Å². The fourth-order valence-corrected chi connectivity index (χ4v) is 1.60. The molecule has 1 amide bonds. The van der Waals surface area contributed by atoms with Crippen molar-refractivity contribution in [3.63, 3.8) is 0 Å². The molecule has 17 heavy (non-hydrogen) atoms.